The number of benzene rings is 1. The average molecular weight is 291 g/mol. The number of rotatable bonds is 6. The van der Waals surface area contributed by atoms with E-state index in [0.717, 1.165) is 23.5 Å². The van der Waals surface area contributed by atoms with Crippen LogP contribution in [0.3, 0.4) is 0 Å². The summed E-state index contributed by atoms with van der Waals surface area (Å²) < 4.78 is 5.83. The second-order valence-corrected chi connectivity index (χ2v) is 5.66. The first-order valence-electron chi connectivity index (χ1n) is 7.58. The van der Waals surface area contributed by atoms with Gasteiger partial charge in [-0.05, 0) is 63.5 Å². The molecule has 5 heteroatoms. The van der Waals surface area contributed by atoms with E-state index in [1.165, 1.54) is 25.9 Å². The van der Waals surface area contributed by atoms with E-state index in [4.69, 9.17) is 10.5 Å². The van der Waals surface area contributed by atoms with E-state index < -0.39 is 6.04 Å². The Balaban J connectivity index is 1.85. The van der Waals surface area contributed by atoms with Crippen molar-refractivity contribution in [3.63, 3.8) is 0 Å². The molecule has 0 saturated carbocycles. The molecule has 116 valence electrons. The van der Waals surface area contributed by atoms with Crippen LogP contribution in [0.5, 0.6) is 5.75 Å². The van der Waals surface area contributed by atoms with Gasteiger partial charge in [-0.25, -0.2) is 0 Å². The molecule has 21 heavy (non-hydrogen) atoms. The lowest BCUT2D eigenvalue weighted by atomic mass is 10.2. The molecule has 0 aliphatic carbocycles. The van der Waals surface area contributed by atoms with Crippen molar-refractivity contribution in [1.82, 2.24) is 4.90 Å². The van der Waals surface area contributed by atoms with E-state index in [2.05, 4.69) is 10.2 Å². The summed E-state index contributed by atoms with van der Waals surface area (Å²) in [7, 11) is 0. The molecule has 3 N–H and O–H groups in total. The standard InChI is InChI=1S/C16H25N3O2/c1-12-11-14(18-16(20)13(2)17)5-6-15(12)21-10-9-19-7-3-4-8-19/h5-6,11,13H,3-4,7-10,17H2,1-2H3,(H,18,20)/t13-/m1/s1. The summed E-state index contributed by atoms with van der Waals surface area (Å²) in [6.07, 6.45) is 2.60. The first-order valence-corrected chi connectivity index (χ1v) is 7.58. The van der Waals surface area contributed by atoms with Crippen LogP contribution in [0.2, 0.25) is 0 Å². The van der Waals surface area contributed by atoms with Gasteiger partial charge in [-0.15, -0.1) is 0 Å². The maximum absolute atomic E-state index is 11.6. The number of nitrogens with one attached hydrogen (secondary N) is 1. The molecule has 0 unspecified atom stereocenters. The first-order chi connectivity index (χ1) is 10.1. The Morgan fingerprint density at radius 1 is 1.43 bits per heavy atom. The molecule has 0 radical (unpaired) electrons. The predicted octanol–water partition coefficient (Wildman–Crippen LogP) is 1.76. The maximum atomic E-state index is 11.6. The SMILES string of the molecule is Cc1cc(NC(=O)[C@@H](C)N)ccc1OCCN1CCCC1. The zero-order valence-corrected chi connectivity index (χ0v) is 12.9. The lowest BCUT2D eigenvalue weighted by Gasteiger charge is -2.16. The van der Waals surface area contributed by atoms with Crippen LogP contribution in [0.15, 0.2) is 18.2 Å². The van der Waals surface area contributed by atoms with Gasteiger partial charge in [0.1, 0.15) is 12.4 Å². The summed E-state index contributed by atoms with van der Waals surface area (Å²) in [5.41, 5.74) is 7.30. The summed E-state index contributed by atoms with van der Waals surface area (Å²) in [5.74, 6) is 0.685. The highest BCUT2D eigenvalue weighted by atomic mass is 16.5. The van der Waals surface area contributed by atoms with Gasteiger partial charge in [-0.1, -0.05) is 0 Å². The van der Waals surface area contributed by atoms with Crippen molar-refractivity contribution in [3.05, 3.63) is 23.8 Å². The number of carbonyl (C=O) groups is 1. The van der Waals surface area contributed by atoms with Crippen LogP contribution in [0, 0.1) is 6.92 Å². The monoisotopic (exact) mass is 291 g/mol. The zero-order chi connectivity index (χ0) is 15.2. The Hall–Kier alpha value is -1.59. The number of carbonyl (C=O) groups excluding carboxylic acids is 1. The summed E-state index contributed by atoms with van der Waals surface area (Å²) in [6.45, 7) is 7.69. The highest BCUT2D eigenvalue weighted by Crippen LogP contribution is 2.22. The summed E-state index contributed by atoms with van der Waals surface area (Å²) >= 11 is 0. The average Bonchev–Trinajstić information content (AvgIpc) is 2.94. The van der Waals surface area contributed by atoms with Crippen LogP contribution in [-0.4, -0.2) is 43.1 Å². The molecule has 1 saturated heterocycles. The summed E-state index contributed by atoms with van der Waals surface area (Å²) in [5, 5.41) is 2.78. The van der Waals surface area contributed by atoms with Crippen LogP contribution < -0.4 is 15.8 Å². The molecule has 1 heterocycles. The molecular formula is C16H25N3O2. The van der Waals surface area contributed by atoms with Gasteiger partial charge in [-0.3, -0.25) is 9.69 Å². The molecule has 1 aromatic rings. The van der Waals surface area contributed by atoms with E-state index in [-0.39, 0.29) is 5.91 Å². The van der Waals surface area contributed by atoms with E-state index in [1.54, 1.807) is 6.92 Å². The molecule has 1 aliphatic heterocycles. The van der Waals surface area contributed by atoms with Gasteiger partial charge in [0.25, 0.3) is 0 Å². The van der Waals surface area contributed by atoms with Crippen molar-refractivity contribution in [2.24, 2.45) is 5.73 Å². The normalized spacial score (nSPS) is 16.7. The topological polar surface area (TPSA) is 67.6 Å². The minimum atomic E-state index is -0.512. The van der Waals surface area contributed by atoms with Gasteiger partial charge < -0.3 is 15.8 Å². The fourth-order valence-corrected chi connectivity index (χ4v) is 2.44. The summed E-state index contributed by atoms with van der Waals surface area (Å²) in [4.78, 5) is 14.0. The van der Waals surface area contributed by atoms with Crippen LogP contribution in [0.4, 0.5) is 5.69 Å². The van der Waals surface area contributed by atoms with E-state index in [0.29, 0.717) is 6.61 Å². The van der Waals surface area contributed by atoms with E-state index >= 15 is 0 Å². The van der Waals surface area contributed by atoms with Gasteiger partial charge in [-0.2, -0.15) is 0 Å². The Labute approximate surface area is 126 Å². The highest BCUT2D eigenvalue weighted by molar-refractivity contribution is 5.94. The molecule has 0 aromatic heterocycles. The van der Waals surface area contributed by atoms with Gasteiger partial charge in [0.05, 0.1) is 6.04 Å². The molecule has 0 spiro atoms. The lowest BCUT2D eigenvalue weighted by molar-refractivity contribution is -0.117. The van der Waals surface area contributed by atoms with E-state index in [9.17, 15) is 4.79 Å². The molecule has 1 aliphatic rings. The molecule has 2 rings (SSSR count). The van der Waals surface area contributed by atoms with Crippen molar-refractivity contribution < 1.29 is 9.53 Å². The van der Waals surface area contributed by atoms with Crippen molar-refractivity contribution in [2.75, 3.05) is 31.6 Å². The molecule has 5 nitrogen and oxygen atoms in total. The van der Waals surface area contributed by atoms with Crippen LogP contribution >= 0.6 is 0 Å². The third kappa shape index (κ3) is 4.72. The van der Waals surface area contributed by atoms with Crippen molar-refractivity contribution >= 4 is 11.6 Å². The number of likely N-dealkylation sites (tertiary alicyclic amines) is 1. The Morgan fingerprint density at radius 2 is 2.14 bits per heavy atom. The van der Waals surface area contributed by atoms with Crippen molar-refractivity contribution in [1.29, 1.82) is 0 Å². The minimum Gasteiger partial charge on any atom is -0.492 e. The molecule has 1 fully saturated rings. The largest absolute Gasteiger partial charge is 0.492 e. The molecule has 1 atom stereocenters. The van der Waals surface area contributed by atoms with Crippen LogP contribution in [-0.2, 0) is 4.79 Å². The van der Waals surface area contributed by atoms with Gasteiger partial charge >= 0.3 is 0 Å². The number of nitrogens with zero attached hydrogens (tertiary/aromatic N) is 1. The third-order valence-corrected chi connectivity index (χ3v) is 3.72. The quantitative estimate of drug-likeness (QED) is 0.838. The number of nitrogens with two attached hydrogens (primary N) is 1. The van der Waals surface area contributed by atoms with E-state index in [1.807, 2.05) is 25.1 Å². The van der Waals surface area contributed by atoms with Gasteiger partial charge in [0.2, 0.25) is 5.91 Å². The Kier molecular flexibility index (Phi) is 5.59. The fraction of sp³-hybridized carbons (Fsp3) is 0.562. The number of hydrogen-bond acceptors (Lipinski definition) is 4. The number of amides is 1. The third-order valence-electron chi connectivity index (χ3n) is 3.72. The molecular weight excluding hydrogens is 266 g/mol. The molecule has 0 bridgehead atoms. The number of aryl methyl sites for hydroxylation is 1. The van der Waals surface area contributed by atoms with Gasteiger partial charge in [0.15, 0.2) is 0 Å². The van der Waals surface area contributed by atoms with Crippen molar-refractivity contribution in [2.45, 2.75) is 32.7 Å². The second kappa shape index (κ2) is 7.43. The molecule has 1 aromatic carbocycles. The Bertz CT molecular complexity index is 482. The molecule has 1 amide bonds. The van der Waals surface area contributed by atoms with Crippen LogP contribution in [0.25, 0.3) is 0 Å². The second-order valence-electron chi connectivity index (χ2n) is 5.66. The zero-order valence-electron chi connectivity index (χ0n) is 12.9. The number of anilines is 1. The predicted molar refractivity (Wildman–Crippen MR) is 84.6 cm³/mol. The number of hydrogen-bond donors (Lipinski definition) is 2. The lowest BCUT2D eigenvalue weighted by Crippen LogP contribution is -2.32. The number of ether oxygens (including phenoxy) is 1. The summed E-state index contributed by atoms with van der Waals surface area (Å²) in [6, 6.07) is 5.14. The highest BCUT2D eigenvalue weighted by Gasteiger charge is 2.12. The maximum Gasteiger partial charge on any atom is 0.240 e. The Morgan fingerprint density at radius 3 is 2.76 bits per heavy atom. The smallest absolute Gasteiger partial charge is 0.240 e. The van der Waals surface area contributed by atoms with Crippen LogP contribution in [0.1, 0.15) is 25.3 Å². The minimum absolute atomic E-state index is 0.183. The first kappa shape index (κ1) is 15.8. The van der Waals surface area contributed by atoms with Gasteiger partial charge in [0, 0.05) is 12.2 Å². The fourth-order valence-electron chi connectivity index (χ4n) is 2.44. The van der Waals surface area contributed by atoms with Crippen molar-refractivity contribution in [3.8, 4) is 5.75 Å².